The van der Waals surface area contributed by atoms with Gasteiger partial charge in [-0.15, -0.1) is 11.3 Å². The number of carbonyl (C=O) groups excluding carboxylic acids is 1. The van der Waals surface area contributed by atoms with Gasteiger partial charge in [-0.1, -0.05) is 17.7 Å². The van der Waals surface area contributed by atoms with Crippen LogP contribution in [-0.2, 0) is 14.3 Å². The summed E-state index contributed by atoms with van der Waals surface area (Å²) in [4.78, 5) is 26.2. The molecule has 2 aromatic heterocycles. The summed E-state index contributed by atoms with van der Waals surface area (Å²) in [5.74, 6) is -1.67. The van der Waals surface area contributed by atoms with E-state index in [9.17, 15) is 18.8 Å². The number of anilines is 2. The number of ether oxygens (including phenoxy) is 3. The van der Waals surface area contributed by atoms with Gasteiger partial charge < -0.3 is 24.8 Å². The quantitative estimate of drug-likeness (QED) is 0.187. The van der Waals surface area contributed by atoms with Crippen LogP contribution in [0.3, 0.4) is 0 Å². The molecule has 3 aliphatic rings. The number of nitrogens with zero attached hydrogens (tertiary/aromatic N) is 5. The van der Waals surface area contributed by atoms with Gasteiger partial charge in [-0.2, -0.15) is 15.2 Å². The molecular formula is C35H36ClF3N6O4S. The topological polar surface area (TPSA) is 127 Å². The molecule has 0 saturated carbocycles. The number of aromatic nitrogens is 2. The monoisotopic (exact) mass is 728 g/mol. The lowest BCUT2D eigenvalue weighted by Gasteiger charge is -2.33. The minimum Gasteiger partial charge on any atom is -0.461 e. The van der Waals surface area contributed by atoms with Crippen LogP contribution in [0.4, 0.5) is 24.0 Å². The first kappa shape index (κ1) is 34.5. The molecule has 3 fully saturated rings. The number of benzene rings is 2. The number of rotatable bonds is 9. The number of methoxy groups -OCH3 is 1. The van der Waals surface area contributed by atoms with Gasteiger partial charge in [0, 0.05) is 49.5 Å². The number of alkyl halides is 1. The van der Waals surface area contributed by atoms with Crippen LogP contribution in [0.1, 0.15) is 44.6 Å². The lowest BCUT2D eigenvalue weighted by molar-refractivity contribution is -0.156. The largest absolute Gasteiger partial charge is 0.461 e. The van der Waals surface area contributed by atoms with E-state index < -0.39 is 23.3 Å². The first-order chi connectivity index (χ1) is 24.0. The van der Waals surface area contributed by atoms with Crippen molar-refractivity contribution in [2.24, 2.45) is 5.92 Å². The molecule has 5 heterocycles. The van der Waals surface area contributed by atoms with Gasteiger partial charge in [0.25, 0.3) is 0 Å². The molecule has 15 heteroatoms. The van der Waals surface area contributed by atoms with Gasteiger partial charge in [-0.3, -0.25) is 9.69 Å². The molecule has 0 aliphatic carbocycles. The van der Waals surface area contributed by atoms with Crippen molar-refractivity contribution in [3.8, 4) is 23.2 Å². The van der Waals surface area contributed by atoms with Crippen LogP contribution in [0.5, 0.6) is 6.01 Å². The average Bonchev–Trinajstić information content (AvgIpc) is 3.74. The third-order valence-electron chi connectivity index (χ3n) is 10.1. The second kappa shape index (κ2) is 13.7. The highest BCUT2D eigenvalue weighted by atomic mass is 35.5. The Balaban J connectivity index is 1.29. The molecule has 10 nitrogen and oxygen atoms in total. The standard InChI is InChI=1S/C35H36ClF3N6O4S/c1-18(16-47-2)49-33(46)19-6-10-44(11-7-19)32-22-12-24(36)27(21-4-5-25(38)30-26(21)23(14-40)31(41)50-30)28(39)29(22)42-34(43-32)48-17-35-8-3-9-45(35)15-20(37)13-35/h4-5,12,18-20H,3,6-11,13,15-17,41H2,1-2H3/t18?,20-,35+/m1/s1. The molecule has 2 N–H and O–H groups in total. The Labute approximate surface area is 295 Å². The average molecular weight is 729 g/mol. The SMILES string of the molecule is COCC(C)OC(=O)C1CCN(c2nc(OC[C@@]34CCCN3C[C@H](F)C4)nc3c(F)c(-c4ccc(F)c5sc(N)c(C#N)c45)c(Cl)cc23)CC1. The number of nitriles is 1. The third kappa shape index (κ3) is 6.08. The molecule has 0 spiro atoms. The molecule has 3 aliphatic heterocycles. The summed E-state index contributed by atoms with van der Waals surface area (Å²) in [5, 5.41) is 10.5. The summed E-state index contributed by atoms with van der Waals surface area (Å²) in [7, 11) is 1.54. The van der Waals surface area contributed by atoms with Crippen LogP contribution in [0.2, 0.25) is 5.02 Å². The molecule has 3 saturated heterocycles. The predicted octanol–water partition coefficient (Wildman–Crippen LogP) is 6.65. The number of fused-ring (bicyclic) bond motifs is 3. The molecule has 50 heavy (non-hydrogen) atoms. The van der Waals surface area contributed by atoms with Crippen molar-refractivity contribution in [2.75, 3.05) is 57.1 Å². The number of hydrogen-bond acceptors (Lipinski definition) is 11. The maximum atomic E-state index is 17.0. The van der Waals surface area contributed by atoms with Gasteiger partial charge in [-0.25, -0.2) is 13.2 Å². The zero-order valence-electron chi connectivity index (χ0n) is 27.6. The first-order valence-electron chi connectivity index (χ1n) is 16.6. The number of halogens is 4. The van der Waals surface area contributed by atoms with Crippen LogP contribution < -0.4 is 15.4 Å². The molecular weight excluding hydrogens is 693 g/mol. The van der Waals surface area contributed by atoms with E-state index in [1.807, 2.05) is 11.0 Å². The molecule has 264 valence electrons. The summed E-state index contributed by atoms with van der Waals surface area (Å²) in [6, 6.07) is 6.05. The molecule has 1 unspecified atom stereocenters. The third-order valence-corrected chi connectivity index (χ3v) is 11.4. The Kier molecular flexibility index (Phi) is 9.44. The van der Waals surface area contributed by atoms with Crippen molar-refractivity contribution in [1.29, 1.82) is 5.26 Å². The fourth-order valence-electron chi connectivity index (χ4n) is 7.76. The van der Waals surface area contributed by atoms with E-state index in [-0.39, 0.29) is 72.9 Å². The number of carbonyl (C=O) groups is 1. The maximum absolute atomic E-state index is 17.0. The minimum atomic E-state index is -0.961. The lowest BCUT2D eigenvalue weighted by Crippen LogP contribution is -2.43. The molecule has 0 amide bonds. The van der Waals surface area contributed by atoms with E-state index in [0.29, 0.717) is 56.7 Å². The second-order valence-electron chi connectivity index (χ2n) is 13.4. The molecule has 2 aromatic carbocycles. The molecule has 0 bridgehead atoms. The normalized spacial score (nSPS) is 21.9. The number of nitrogens with two attached hydrogens (primary N) is 1. The van der Waals surface area contributed by atoms with Gasteiger partial charge in [0.05, 0.1) is 33.3 Å². The van der Waals surface area contributed by atoms with Gasteiger partial charge >= 0.3 is 12.0 Å². The molecule has 3 atom stereocenters. The summed E-state index contributed by atoms with van der Waals surface area (Å²) in [6.07, 6.45) is 1.61. The maximum Gasteiger partial charge on any atom is 0.319 e. The minimum absolute atomic E-state index is 0.00103. The van der Waals surface area contributed by atoms with E-state index in [2.05, 4.69) is 9.88 Å². The van der Waals surface area contributed by atoms with Crippen LogP contribution >= 0.6 is 22.9 Å². The highest BCUT2D eigenvalue weighted by Gasteiger charge is 2.49. The Morgan fingerprint density at radius 2 is 2.04 bits per heavy atom. The van der Waals surface area contributed by atoms with Crippen molar-refractivity contribution < 1.29 is 32.2 Å². The van der Waals surface area contributed by atoms with Gasteiger partial charge in [0.2, 0.25) is 0 Å². The Hall–Kier alpha value is -3.90. The van der Waals surface area contributed by atoms with Crippen LogP contribution in [0, 0.1) is 28.9 Å². The predicted molar refractivity (Wildman–Crippen MR) is 185 cm³/mol. The number of piperidine rings is 1. The van der Waals surface area contributed by atoms with Gasteiger partial charge in [-0.05, 0) is 56.8 Å². The van der Waals surface area contributed by atoms with E-state index in [1.54, 1.807) is 20.1 Å². The van der Waals surface area contributed by atoms with Crippen LogP contribution in [0.15, 0.2) is 18.2 Å². The van der Waals surface area contributed by atoms with Crippen LogP contribution in [-0.4, -0.2) is 85.2 Å². The molecule has 4 aromatic rings. The molecule has 0 radical (unpaired) electrons. The fourth-order valence-corrected chi connectivity index (χ4v) is 9.00. The Morgan fingerprint density at radius 3 is 2.78 bits per heavy atom. The number of thiophene rings is 1. The fraction of sp³-hybridized carbons (Fsp3) is 0.486. The summed E-state index contributed by atoms with van der Waals surface area (Å²) in [5.41, 5.74) is 5.63. The van der Waals surface area contributed by atoms with E-state index in [0.717, 1.165) is 30.7 Å². The number of hydrogen-bond donors (Lipinski definition) is 1. The zero-order chi connectivity index (χ0) is 35.3. The second-order valence-corrected chi connectivity index (χ2v) is 14.8. The van der Waals surface area contributed by atoms with E-state index >= 15 is 4.39 Å². The van der Waals surface area contributed by atoms with Crippen molar-refractivity contribution in [2.45, 2.75) is 56.8 Å². The summed E-state index contributed by atoms with van der Waals surface area (Å²) < 4.78 is 63.4. The number of esters is 1. The summed E-state index contributed by atoms with van der Waals surface area (Å²) in [6.45, 7) is 4.12. The Bertz CT molecular complexity index is 2020. The van der Waals surface area contributed by atoms with Crippen molar-refractivity contribution in [3.05, 3.63) is 40.4 Å². The highest BCUT2D eigenvalue weighted by molar-refractivity contribution is 7.23. The highest BCUT2D eigenvalue weighted by Crippen LogP contribution is 2.46. The summed E-state index contributed by atoms with van der Waals surface area (Å²) >= 11 is 7.74. The van der Waals surface area contributed by atoms with Crippen molar-refractivity contribution >= 4 is 60.7 Å². The van der Waals surface area contributed by atoms with E-state index in [1.165, 1.54) is 12.1 Å². The molecule has 7 rings (SSSR count). The van der Waals surface area contributed by atoms with Crippen molar-refractivity contribution in [3.63, 3.8) is 0 Å². The number of nitrogen functional groups attached to an aromatic ring is 1. The van der Waals surface area contributed by atoms with E-state index in [4.69, 9.17) is 36.5 Å². The first-order valence-corrected chi connectivity index (χ1v) is 17.8. The van der Waals surface area contributed by atoms with Gasteiger partial charge in [0.1, 0.15) is 47.1 Å². The zero-order valence-corrected chi connectivity index (χ0v) is 29.2. The lowest BCUT2D eigenvalue weighted by atomic mass is 9.95. The smallest absolute Gasteiger partial charge is 0.319 e. The van der Waals surface area contributed by atoms with Gasteiger partial charge in [0.15, 0.2) is 5.82 Å². The Morgan fingerprint density at radius 1 is 1.26 bits per heavy atom. The van der Waals surface area contributed by atoms with Crippen LogP contribution in [0.25, 0.3) is 32.1 Å². The van der Waals surface area contributed by atoms with Crippen molar-refractivity contribution in [1.82, 2.24) is 14.9 Å².